The lowest BCUT2D eigenvalue weighted by Gasteiger charge is -2.27. The van der Waals surface area contributed by atoms with Gasteiger partial charge in [-0.3, -0.25) is 4.79 Å². The summed E-state index contributed by atoms with van der Waals surface area (Å²) >= 11 is 0. The van der Waals surface area contributed by atoms with Gasteiger partial charge in [0.1, 0.15) is 0 Å². The van der Waals surface area contributed by atoms with Crippen LogP contribution in [0.1, 0.15) is 20.3 Å². The summed E-state index contributed by atoms with van der Waals surface area (Å²) in [7, 11) is 0. The van der Waals surface area contributed by atoms with E-state index in [1.807, 2.05) is 13.8 Å². The van der Waals surface area contributed by atoms with E-state index in [1.54, 1.807) is 12.1 Å². The number of aromatic nitrogens is 2. The van der Waals surface area contributed by atoms with E-state index in [2.05, 4.69) is 15.3 Å². The number of aliphatic hydroxyl groups is 1. The van der Waals surface area contributed by atoms with Gasteiger partial charge in [-0.05, 0) is 32.4 Å². The minimum atomic E-state index is -0.294. The van der Waals surface area contributed by atoms with Crippen LogP contribution >= 0.6 is 0 Å². The monoisotopic (exact) mass is 262 g/mol. The lowest BCUT2D eigenvalue weighted by molar-refractivity contribution is 0.261. The van der Waals surface area contributed by atoms with E-state index in [0.29, 0.717) is 28.7 Å². The summed E-state index contributed by atoms with van der Waals surface area (Å²) < 4.78 is 0. The Morgan fingerprint density at radius 1 is 1.47 bits per heavy atom. The van der Waals surface area contributed by atoms with Crippen LogP contribution in [0.3, 0.4) is 0 Å². The Hall–Kier alpha value is -2.08. The van der Waals surface area contributed by atoms with Crippen molar-refractivity contribution in [3.63, 3.8) is 0 Å². The van der Waals surface area contributed by atoms with Crippen molar-refractivity contribution in [2.45, 2.75) is 25.8 Å². The number of aliphatic hydroxyl groups excluding tert-OH is 1. The summed E-state index contributed by atoms with van der Waals surface area (Å²) in [6.45, 7) is 4.03. The van der Waals surface area contributed by atoms with Crippen LogP contribution in [0.2, 0.25) is 0 Å². The minimum Gasteiger partial charge on any atom is -0.397 e. The van der Waals surface area contributed by atoms with Crippen molar-refractivity contribution in [2.24, 2.45) is 0 Å². The molecule has 0 saturated carbocycles. The Balaban J connectivity index is 2.45. The number of nitrogen functional groups attached to an aromatic ring is 1. The molecular formula is C13H18N4O2. The lowest BCUT2D eigenvalue weighted by atomic mass is 10.0. The van der Waals surface area contributed by atoms with Crippen LogP contribution in [0, 0.1) is 0 Å². The summed E-state index contributed by atoms with van der Waals surface area (Å²) in [6.07, 6.45) is 1.96. The highest BCUT2D eigenvalue weighted by molar-refractivity contribution is 5.88. The summed E-state index contributed by atoms with van der Waals surface area (Å²) in [5.74, 6) is 0. The van der Waals surface area contributed by atoms with E-state index in [-0.39, 0.29) is 17.7 Å². The molecule has 0 saturated heterocycles. The fourth-order valence-electron chi connectivity index (χ4n) is 1.95. The first-order valence-corrected chi connectivity index (χ1v) is 6.09. The number of fused-ring (bicyclic) bond motifs is 1. The fourth-order valence-corrected chi connectivity index (χ4v) is 1.95. The third kappa shape index (κ3) is 2.85. The van der Waals surface area contributed by atoms with Crippen LogP contribution in [-0.4, -0.2) is 27.2 Å². The first-order valence-electron chi connectivity index (χ1n) is 6.09. The van der Waals surface area contributed by atoms with Crippen molar-refractivity contribution in [3.05, 3.63) is 28.8 Å². The normalized spacial score (nSPS) is 11.7. The number of nitrogens with one attached hydrogen (secondary N) is 2. The van der Waals surface area contributed by atoms with Gasteiger partial charge >= 0.3 is 0 Å². The Morgan fingerprint density at radius 2 is 2.21 bits per heavy atom. The average Bonchev–Trinajstić information content (AvgIpc) is 2.31. The first kappa shape index (κ1) is 13.4. The zero-order valence-electron chi connectivity index (χ0n) is 11.0. The van der Waals surface area contributed by atoms with E-state index in [4.69, 9.17) is 10.8 Å². The number of benzene rings is 1. The average molecular weight is 262 g/mol. The van der Waals surface area contributed by atoms with E-state index in [0.717, 1.165) is 0 Å². The molecule has 1 heterocycles. The van der Waals surface area contributed by atoms with Gasteiger partial charge < -0.3 is 21.1 Å². The smallest absolute Gasteiger partial charge is 0.258 e. The van der Waals surface area contributed by atoms with Crippen LogP contribution < -0.4 is 16.6 Å². The largest absolute Gasteiger partial charge is 0.397 e. The third-order valence-electron chi connectivity index (χ3n) is 3.02. The predicted octanol–water partition coefficient (Wildman–Crippen LogP) is 1.08. The second-order valence-electron chi connectivity index (χ2n) is 5.17. The summed E-state index contributed by atoms with van der Waals surface area (Å²) in [4.78, 5) is 18.3. The van der Waals surface area contributed by atoms with Crippen molar-refractivity contribution in [2.75, 3.05) is 17.7 Å². The first-order chi connectivity index (χ1) is 8.93. The maximum atomic E-state index is 11.6. The van der Waals surface area contributed by atoms with Crippen molar-refractivity contribution >= 4 is 22.3 Å². The summed E-state index contributed by atoms with van der Waals surface area (Å²) in [5.41, 5.74) is 7.23. The number of hydrogen-bond acceptors (Lipinski definition) is 5. The molecule has 2 rings (SSSR count). The maximum Gasteiger partial charge on any atom is 0.258 e. The maximum absolute atomic E-state index is 11.6. The van der Waals surface area contributed by atoms with E-state index >= 15 is 0 Å². The van der Waals surface area contributed by atoms with Crippen LogP contribution in [0.4, 0.5) is 11.4 Å². The van der Waals surface area contributed by atoms with Crippen LogP contribution in [0.25, 0.3) is 10.9 Å². The van der Waals surface area contributed by atoms with Gasteiger partial charge in [0.05, 0.1) is 28.6 Å². The topological polar surface area (TPSA) is 104 Å². The standard InChI is InChI=1S/C13H18N4O2/c1-13(2,3-4-18)17-11-6-10-8(5-9(11)14)12(19)16-7-15-10/h5-7,17-18H,3-4,14H2,1-2H3,(H,15,16,19). The number of rotatable bonds is 4. The van der Waals surface area contributed by atoms with Gasteiger partial charge in [-0.15, -0.1) is 0 Å². The van der Waals surface area contributed by atoms with Crippen molar-refractivity contribution < 1.29 is 5.11 Å². The minimum absolute atomic E-state index is 0.0887. The highest BCUT2D eigenvalue weighted by Crippen LogP contribution is 2.26. The lowest BCUT2D eigenvalue weighted by Crippen LogP contribution is -2.32. The number of nitrogens with two attached hydrogens (primary N) is 1. The quantitative estimate of drug-likeness (QED) is 0.617. The molecule has 0 unspecified atom stereocenters. The molecule has 102 valence electrons. The molecule has 2 aromatic rings. The van der Waals surface area contributed by atoms with Gasteiger partial charge in [-0.2, -0.15) is 0 Å². The molecule has 0 aliphatic carbocycles. The summed E-state index contributed by atoms with van der Waals surface area (Å²) in [5, 5.41) is 12.8. The number of anilines is 2. The van der Waals surface area contributed by atoms with Gasteiger partial charge in [0.2, 0.25) is 0 Å². The molecule has 5 N–H and O–H groups in total. The zero-order chi connectivity index (χ0) is 14.0. The Bertz CT molecular complexity index is 649. The molecule has 1 aromatic heterocycles. The van der Waals surface area contributed by atoms with E-state index in [9.17, 15) is 4.79 Å². The van der Waals surface area contributed by atoms with E-state index < -0.39 is 0 Å². The molecule has 0 amide bonds. The molecule has 1 aromatic carbocycles. The second kappa shape index (κ2) is 4.89. The highest BCUT2D eigenvalue weighted by atomic mass is 16.3. The number of hydrogen-bond donors (Lipinski definition) is 4. The number of nitrogens with zero attached hydrogens (tertiary/aromatic N) is 1. The molecule has 0 fully saturated rings. The second-order valence-corrected chi connectivity index (χ2v) is 5.17. The van der Waals surface area contributed by atoms with E-state index in [1.165, 1.54) is 6.33 Å². The molecule has 0 atom stereocenters. The molecule has 0 spiro atoms. The van der Waals surface area contributed by atoms with Gasteiger partial charge in [0.15, 0.2) is 0 Å². The molecule has 6 heteroatoms. The Morgan fingerprint density at radius 3 is 2.89 bits per heavy atom. The Labute approximate surface area is 110 Å². The highest BCUT2D eigenvalue weighted by Gasteiger charge is 2.18. The van der Waals surface area contributed by atoms with Crippen molar-refractivity contribution in [1.29, 1.82) is 0 Å². The molecule has 0 aliphatic rings. The van der Waals surface area contributed by atoms with Gasteiger partial charge in [0.25, 0.3) is 5.56 Å². The number of H-pyrrole nitrogens is 1. The van der Waals surface area contributed by atoms with Crippen LogP contribution in [-0.2, 0) is 0 Å². The van der Waals surface area contributed by atoms with Crippen LogP contribution in [0.5, 0.6) is 0 Å². The van der Waals surface area contributed by atoms with Gasteiger partial charge in [0, 0.05) is 12.1 Å². The SMILES string of the molecule is CC(C)(CCO)Nc1cc2nc[nH]c(=O)c2cc1N. The fraction of sp³-hybridized carbons (Fsp3) is 0.385. The van der Waals surface area contributed by atoms with Gasteiger partial charge in [-0.1, -0.05) is 0 Å². The van der Waals surface area contributed by atoms with Gasteiger partial charge in [-0.25, -0.2) is 4.98 Å². The predicted molar refractivity (Wildman–Crippen MR) is 76.2 cm³/mol. The summed E-state index contributed by atoms with van der Waals surface area (Å²) in [6, 6.07) is 3.36. The third-order valence-corrected chi connectivity index (χ3v) is 3.02. The molecule has 0 bridgehead atoms. The zero-order valence-corrected chi connectivity index (χ0v) is 11.0. The molecule has 0 radical (unpaired) electrons. The molecule has 0 aliphatic heterocycles. The Kier molecular flexibility index (Phi) is 3.44. The van der Waals surface area contributed by atoms with Crippen molar-refractivity contribution in [1.82, 2.24) is 9.97 Å². The molecule has 6 nitrogen and oxygen atoms in total. The van der Waals surface area contributed by atoms with Crippen LogP contribution in [0.15, 0.2) is 23.3 Å². The van der Waals surface area contributed by atoms with Crippen molar-refractivity contribution in [3.8, 4) is 0 Å². The number of aromatic amines is 1. The molecule has 19 heavy (non-hydrogen) atoms. The molecular weight excluding hydrogens is 244 g/mol.